The summed E-state index contributed by atoms with van der Waals surface area (Å²) in [5.74, 6) is 0.944. The summed E-state index contributed by atoms with van der Waals surface area (Å²) < 4.78 is 1.86. The average Bonchev–Trinajstić information content (AvgIpc) is 2.82. The van der Waals surface area contributed by atoms with Crippen molar-refractivity contribution in [3.8, 4) is 0 Å². The largest absolute Gasteiger partial charge is 0.336 e. The van der Waals surface area contributed by atoms with Crippen LogP contribution in [-0.2, 0) is 6.54 Å². The number of para-hydroxylation sites is 1. The van der Waals surface area contributed by atoms with Gasteiger partial charge in [-0.3, -0.25) is 19.1 Å². The van der Waals surface area contributed by atoms with Gasteiger partial charge in [0.25, 0.3) is 11.5 Å². The number of nitrogens with zero attached hydrogens (tertiary/aromatic N) is 4. The number of aromatic nitrogens is 2. The zero-order valence-electron chi connectivity index (χ0n) is 19.3. The lowest BCUT2D eigenvalue weighted by Crippen LogP contribution is -2.50. The number of benzene rings is 2. The summed E-state index contributed by atoms with van der Waals surface area (Å²) in [5, 5.41) is 0.674. The van der Waals surface area contributed by atoms with Crippen LogP contribution in [0.15, 0.2) is 53.3 Å². The zero-order chi connectivity index (χ0) is 22.7. The lowest BCUT2D eigenvalue weighted by molar-refractivity contribution is 0.0548. The van der Waals surface area contributed by atoms with Gasteiger partial charge in [-0.25, -0.2) is 4.98 Å². The maximum atomic E-state index is 13.2. The van der Waals surface area contributed by atoms with E-state index in [0.29, 0.717) is 25.0 Å². The number of carbonyl (C=O) groups is 1. The molecule has 1 atom stereocenters. The molecule has 0 aliphatic carbocycles. The third-order valence-corrected chi connectivity index (χ3v) is 6.44. The van der Waals surface area contributed by atoms with Gasteiger partial charge in [-0.15, -0.1) is 0 Å². The predicted molar refractivity (Wildman–Crippen MR) is 128 cm³/mol. The van der Waals surface area contributed by atoms with Crippen LogP contribution in [0.2, 0.25) is 0 Å². The molecule has 1 saturated heterocycles. The molecule has 3 aromatic rings. The number of hydrogen-bond donors (Lipinski definition) is 0. The van der Waals surface area contributed by atoms with Crippen molar-refractivity contribution in [2.45, 2.75) is 46.2 Å². The van der Waals surface area contributed by atoms with Crippen molar-refractivity contribution in [2.75, 3.05) is 26.2 Å². The maximum absolute atomic E-state index is 13.2. The lowest BCUT2D eigenvalue weighted by atomic mass is 10.1. The minimum atomic E-state index is 0.0410. The predicted octanol–water partition coefficient (Wildman–Crippen LogP) is 4.02. The highest BCUT2D eigenvalue weighted by Gasteiger charge is 2.29. The van der Waals surface area contributed by atoms with Gasteiger partial charge in [0.1, 0.15) is 5.82 Å². The third-order valence-electron chi connectivity index (χ3n) is 6.44. The molecule has 0 spiro atoms. The first-order valence-electron chi connectivity index (χ1n) is 11.6. The highest BCUT2D eigenvalue weighted by atomic mass is 16.2. The molecule has 4 rings (SSSR count). The summed E-state index contributed by atoms with van der Waals surface area (Å²) in [6.07, 6.45) is 1.74. The Morgan fingerprint density at radius 1 is 1.00 bits per heavy atom. The van der Waals surface area contributed by atoms with Crippen molar-refractivity contribution in [1.29, 1.82) is 0 Å². The average molecular weight is 433 g/mol. The Hall–Kier alpha value is -2.99. The number of fused-ring (bicyclic) bond motifs is 1. The van der Waals surface area contributed by atoms with Crippen molar-refractivity contribution < 1.29 is 4.79 Å². The van der Waals surface area contributed by atoms with E-state index in [1.54, 1.807) is 0 Å². The summed E-state index contributed by atoms with van der Waals surface area (Å²) in [7, 11) is 0. The highest BCUT2D eigenvalue weighted by Crippen LogP contribution is 2.25. The van der Waals surface area contributed by atoms with Gasteiger partial charge < -0.3 is 4.90 Å². The van der Waals surface area contributed by atoms with E-state index in [0.717, 1.165) is 48.4 Å². The molecule has 2 aromatic carbocycles. The first kappa shape index (κ1) is 22.2. The molecule has 0 radical (unpaired) electrons. The van der Waals surface area contributed by atoms with Crippen molar-refractivity contribution >= 4 is 16.8 Å². The van der Waals surface area contributed by atoms with E-state index in [2.05, 4.69) is 18.7 Å². The third kappa shape index (κ3) is 4.19. The number of hydrogen-bond acceptors (Lipinski definition) is 4. The number of piperazine rings is 1. The van der Waals surface area contributed by atoms with Gasteiger partial charge in [-0.2, -0.15) is 0 Å². The van der Waals surface area contributed by atoms with E-state index >= 15 is 0 Å². The Morgan fingerprint density at radius 2 is 1.69 bits per heavy atom. The number of aryl methyl sites for hydroxylation is 1. The topological polar surface area (TPSA) is 58.4 Å². The van der Waals surface area contributed by atoms with Crippen LogP contribution in [0.4, 0.5) is 0 Å². The molecular formula is C26H32N4O2. The summed E-state index contributed by atoms with van der Waals surface area (Å²) in [5.41, 5.74) is 2.59. The molecule has 0 N–H and O–H groups in total. The van der Waals surface area contributed by atoms with Gasteiger partial charge in [0.2, 0.25) is 0 Å². The summed E-state index contributed by atoms with van der Waals surface area (Å²) >= 11 is 0. The van der Waals surface area contributed by atoms with Crippen LogP contribution in [0.5, 0.6) is 0 Å². The van der Waals surface area contributed by atoms with Crippen LogP contribution < -0.4 is 5.56 Å². The number of amides is 1. The smallest absolute Gasteiger partial charge is 0.261 e. The SMILES string of the molecule is CCCn1c(C(CC)N2CCN(C(=O)c3ccccc3C)CC2)nc2ccccc2c1=O. The Morgan fingerprint density at radius 3 is 2.38 bits per heavy atom. The molecule has 168 valence electrons. The minimum Gasteiger partial charge on any atom is -0.336 e. The standard InChI is InChI=1S/C26H32N4O2/c1-4-14-30-24(27-22-13-9-8-12-21(22)26(30)32)23(5-2)28-15-17-29(18-16-28)25(31)20-11-7-6-10-19(20)3/h6-13,23H,4-5,14-18H2,1-3H3. The van der Waals surface area contributed by atoms with E-state index in [1.807, 2.05) is 64.9 Å². The fourth-order valence-corrected chi connectivity index (χ4v) is 4.70. The summed E-state index contributed by atoms with van der Waals surface area (Å²) in [4.78, 5) is 35.5. The molecule has 32 heavy (non-hydrogen) atoms. The van der Waals surface area contributed by atoms with Gasteiger partial charge in [0.05, 0.1) is 16.9 Å². The Labute approximate surface area is 189 Å². The molecule has 1 aromatic heterocycles. The minimum absolute atomic E-state index is 0.0410. The van der Waals surface area contributed by atoms with E-state index < -0.39 is 0 Å². The molecule has 1 unspecified atom stereocenters. The molecule has 1 fully saturated rings. The van der Waals surface area contributed by atoms with Gasteiger partial charge in [-0.1, -0.05) is 44.2 Å². The number of rotatable bonds is 6. The van der Waals surface area contributed by atoms with Crippen molar-refractivity contribution in [3.05, 3.63) is 75.8 Å². The van der Waals surface area contributed by atoms with Gasteiger partial charge in [0.15, 0.2) is 0 Å². The fraction of sp³-hybridized carbons (Fsp3) is 0.423. The highest BCUT2D eigenvalue weighted by molar-refractivity contribution is 5.95. The van der Waals surface area contributed by atoms with Gasteiger partial charge in [0, 0.05) is 38.3 Å². The molecule has 0 bridgehead atoms. The first-order chi connectivity index (χ1) is 15.5. The van der Waals surface area contributed by atoms with E-state index in [9.17, 15) is 9.59 Å². The summed E-state index contributed by atoms with van der Waals surface area (Å²) in [6.45, 7) is 9.76. The molecule has 1 aliphatic rings. The van der Waals surface area contributed by atoms with Crippen molar-refractivity contribution in [3.63, 3.8) is 0 Å². The summed E-state index contributed by atoms with van der Waals surface area (Å²) in [6, 6.07) is 15.4. The van der Waals surface area contributed by atoms with Crippen LogP contribution in [-0.4, -0.2) is 51.4 Å². The van der Waals surface area contributed by atoms with E-state index in [4.69, 9.17) is 4.98 Å². The molecule has 6 nitrogen and oxygen atoms in total. The Balaban J connectivity index is 1.58. The molecule has 1 amide bonds. The van der Waals surface area contributed by atoms with Crippen LogP contribution in [0, 0.1) is 6.92 Å². The number of carbonyl (C=O) groups excluding carboxylic acids is 1. The van der Waals surface area contributed by atoms with Crippen LogP contribution in [0.25, 0.3) is 10.9 Å². The lowest BCUT2D eigenvalue weighted by Gasteiger charge is -2.39. The van der Waals surface area contributed by atoms with E-state index in [1.165, 1.54) is 0 Å². The molecule has 6 heteroatoms. The first-order valence-corrected chi connectivity index (χ1v) is 11.6. The molecular weight excluding hydrogens is 400 g/mol. The quantitative estimate of drug-likeness (QED) is 0.590. The van der Waals surface area contributed by atoms with Gasteiger partial charge in [-0.05, 0) is 43.5 Å². The second-order valence-electron chi connectivity index (χ2n) is 8.51. The van der Waals surface area contributed by atoms with Crippen LogP contribution >= 0.6 is 0 Å². The molecule has 0 saturated carbocycles. The Kier molecular flexibility index (Phi) is 6.70. The second kappa shape index (κ2) is 9.65. The van der Waals surface area contributed by atoms with Gasteiger partial charge >= 0.3 is 0 Å². The maximum Gasteiger partial charge on any atom is 0.261 e. The fourth-order valence-electron chi connectivity index (χ4n) is 4.70. The van der Waals surface area contributed by atoms with Crippen LogP contribution in [0.3, 0.4) is 0 Å². The molecule has 2 heterocycles. The van der Waals surface area contributed by atoms with Crippen LogP contribution in [0.1, 0.15) is 54.5 Å². The second-order valence-corrected chi connectivity index (χ2v) is 8.51. The Bertz CT molecular complexity index is 1160. The van der Waals surface area contributed by atoms with Crippen molar-refractivity contribution in [2.24, 2.45) is 0 Å². The normalized spacial score (nSPS) is 15.8. The zero-order valence-corrected chi connectivity index (χ0v) is 19.3. The van der Waals surface area contributed by atoms with Crippen molar-refractivity contribution in [1.82, 2.24) is 19.4 Å². The monoisotopic (exact) mass is 432 g/mol. The molecule has 1 aliphatic heterocycles. The van der Waals surface area contributed by atoms with E-state index in [-0.39, 0.29) is 17.5 Å².